The maximum atomic E-state index is 13.0. The Morgan fingerprint density at radius 1 is 1.07 bits per heavy atom. The quantitative estimate of drug-likeness (QED) is 0.730. The highest BCUT2D eigenvalue weighted by atomic mass is 16.2. The normalized spacial score (nSPS) is 14.9. The van der Waals surface area contributed by atoms with Crippen LogP contribution in [0.2, 0.25) is 0 Å². The second-order valence-electron chi connectivity index (χ2n) is 6.73. The van der Waals surface area contributed by atoms with Gasteiger partial charge in [0.05, 0.1) is 0 Å². The molecular weight excluding hydrogens is 340 g/mol. The van der Waals surface area contributed by atoms with Gasteiger partial charge >= 0.3 is 0 Å². The van der Waals surface area contributed by atoms with Gasteiger partial charge in [-0.2, -0.15) is 0 Å². The first-order chi connectivity index (χ1) is 13.3. The number of anilines is 2. The third-order valence-corrected chi connectivity index (χ3v) is 4.84. The van der Waals surface area contributed by atoms with Crippen molar-refractivity contribution in [2.45, 2.75) is 25.3 Å². The highest BCUT2D eigenvalue weighted by Crippen LogP contribution is 2.24. The van der Waals surface area contributed by atoms with E-state index in [2.05, 4.69) is 31.8 Å². The van der Waals surface area contributed by atoms with Crippen LogP contribution in [-0.4, -0.2) is 39.2 Å². The summed E-state index contributed by atoms with van der Waals surface area (Å²) in [6.07, 6.45) is 4.43. The van der Waals surface area contributed by atoms with Crippen LogP contribution >= 0.6 is 0 Å². The summed E-state index contributed by atoms with van der Waals surface area (Å²) >= 11 is 0. The van der Waals surface area contributed by atoms with E-state index in [0.717, 1.165) is 30.0 Å². The van der Waals surface area contributed by atoms with Gasteiger partial charge in [-0.15, -0.1) is 5.10 Å². The molecule has 1 unspecified atom stereocenters. The van der Waals surface area contributed by atoms with Gasteiger partial charge in [-0.25, -0.2) is 4.68 Å². The molecule has 1 saturated heterocycles. The fourth-order valence-electron chi connectivity index (χ4n) is 3.44. The number of amides is 1. The van der Waals surface area contributed by atoms with Crippen LogP contribution in [-0.2, 0) is 11.2 Å². The third kappa shape index (κ3) is 4.13. The molecule has 1 N–H and O–H groups in total. The topological polar surface area (TPSA) is 75.9 Å². The van der Waals surface area contributed by atoms with Crippen molar-refractivity contribution in [3.8, 4) is 0 Å². The highest BCUT2D eigenvalue weighted by molar-refractivity contribution is 5.94. The van der Waals surface area contributed by atoms with Crippen LogP contribution in [0.3, 0.4) is 0 Å². The summed E-state index contributed by atoms with van der Waals surface area (Å²) < 4.78 is 1.51. The molecule has 2 heterocycles. The maximum absolute atomic E-state index is 13.0. The molecule has 4 rings (SSSR count). The summed E-state index contributed by atoms with van der Waals surface area (Å²) in [7, 11) is 0. The molecule has 138 valence electrons. The molecule has 1 fully saturated rings. The lowest BCUT2D eigenvalue weighted by Crippen LogP contribution is -2.28. The molecule has 1 amide bonds. The van der Waals surface area contributed by atoms with Gasteiger partial charge < -0.3 is 10.2 Å². The summed E-state index contributed by atoms with van der Waals surface area (Å²) in [6, 6.07) is 17.4. The average molecular weight is 362 g/mol. The summed E-state index contributed by atoms with van der Waals surface area (Å²) in [6.45, 7) is 2.14. The molecule has 7 heteroatoms. The van der Waals surface area contributed by atoms with Crippen LogP contribution < -0.4 is 10.2 Å². The van der Waals surface area contributed by atoms with Gasteiger partial charge in [0.15, 0.2) is 0 Å². The Bertz CT molecular complexity index is 875. The number of aromatic nitrogens is 4. The number of tetrazole rings is 1. The van der Waals surface area contributed by atoms with Gasteiger partial charge in [0, 0.05) is 30.9 Å². The zero-order chi connectivity index (χ0) is 18.5. The Balaban J connectivity index is 1.52. The van der Waals surface area contributed by atoms with Gasteiger partial charge in [-0.1, -0.05) is 36.4 Å². The number of carbonyl (C=O) groups excluding carboxylic acids is 1. The number of carbonyl (C=O) groups is 1. The van der Waals surface area contributed by atoms with Crippen LogP contribution in [0.4, 0.5) is 11.4 Å². The van der Waals surface area contributed by atoms with Crippen molar-refractivity contribution < 1.29 is 4.79 Å². The first-order valence-corrected chi connectivity index (χ1v) is 9.22. The highest BCUT2D eigenvalue weighted by Gasteiger charge is 2.23. The lowest BCUT2D eigenvalue weighted by Gasteiger charge is -2.20. The molecule has 0 bridgehead atoms. The number of hydrogen-bond donors (Lipinski definition) is 1. The second kappa shape index (κ2) is 7.99. The van der Waals surface area contributed by atoms with Crippen molar-refractivity contribution in [3.63, 3.8) is 0 Å². The average Bonchev–Trinajstić information content (AvgIpc) is 3.41. The van der Waals surface area contributed by atoms with E-state index in [-0.39, 0.29) is 5.91 Å². The van der Waals surface area contributed by atoms with E-state index in [4.69, 9.17) is 0 Å². The SMILES string of the molecule is O=C(Nc1cccc(N2CCCC2)c1)C(Cc1ccccc1)n1cnnn1. The Morgan fingerprint density at radius 2 is 1.89 bits per heavy atom. The monoisotopic (exact) mass is 362 g/mol. The van der Waals surface area contributed by atoms with Crippen molar-refractivity contribution in [3.05, 3.63) is 66.5 Å². The van der Waals surface area contributed by atoms with Crippen molar-refractivity contribution in [2.24, 2.45) is 0 Å². The lowest BCUT2D eigenvalue weighted by atomic mass is 10.1. The molecule has 0 aliphatic carbocycles. The molecule has 2 aromatic carbocycles. The van der Waals surface area contributed by atoms with Crippen LogP contribution in [0.5, 0.6) is 0 Å². The molecule has 7 nitrogen and oxygen atoms in total. The molecule has 27 heavy (non-hydrogen) atoms. The molecule has 1 aliphatic rings. The summed E-state index contributed by atoms with van der Waals surface area (Å²) in [4.78, 5) is 15.4. The van der Waals surface area contributed by atoms with Crippen molar-refractivity contribution >= 4 is 17.3 Å². The maximum Gasteiger partial charge on any atom is 0.249 e. The predicted molar refractivity (Wildman–Crippen MR) is 104 cm³/mol. The van der Waals surface area contributed by atoms with Gasteiger partial charge in [-0.05, 0) is 47.0 Å². The Kier molecular flexibility index (Phi) is 5.09. The first kappa shape index (κ1) is 17.2. The standard InChI is InChI=1S/C20H22N6O/c27-20(22-17-9-6-10-18(14-17)25-11-4-5-12-25)19(26-15-21-23-24-26)13-16-7-2-1-3-8-16/h1-3,6-10,14-15,19H,4-5,11-13H2,(H,22,27). The summed E-state index contributed by atoms with van der Waals surface area (Å²) in [5.74, 6) is -0.135. The van der Waals surface area contributed by atoms with Gasteiger partial charge in [-0.3, -0.25) is 4.79 Å². The largest absolute Gasteiger partial charge is 0.371 e. The number of rotatable bonds is 6. The smallest absolute Gasteiger partial charge is 0.249 e. The Morgan fingerprint density at radius 3 is 2.63 bits per heavy atom. The fourth-order valence-corrected chi connectivity index (χ4v) is 3.44. The van der Waals surface area contributed by atoms with Crippen LogP contribution in [0.25, 0.3) is 0 Å². The first-order valence-electron chi connectivity index (χ1n) is 9.22. The third-order valence-electron chi connectivity index (χ3n) is 4.84. The summed E-state index contributed by atoms with van der Waals surface area (Å²) in [5.41, 5.74) is 2.99. The fraction of sp³-hybridized carbons (Fsp3) is 0.300. The second-order valence-corrected chi connectivity index (χ2v) is 6.73. The van der Waals surface area contributed by atoms with Gasteiger partial charge in [0.1, 0.15) is 12.4 Å². The Hall–Kier alpha value is -3.22. The van der Waals surface area contributed by atoms with E-state index in [1.807, 2.05) is 48.5 Å². The van der Waals surface area contributed by atoms with Gasteiger partial charge in [0.2, 0.25) is 5.91 Å². The minimum Gasteiger partial charge on any atom is -0.371 e. The van der Waals surface area contributed by atoms with Crippen LogP contribution in [0, 0.1) is 0 Å². The molecule has 1 atom stereocenters. The lowest BCUT2D eigenvalue weighted by molar-refractivity contribution is -0.119. The number of nitrogens with one attached hydrogen (secondary N) is 1. The molecule has 1 aromatic heterocycles. The van der Waals surface area contributed by atoms with Crippen molar-refractivity contribution in [2.75, 3.05) is 23.3 Å². The van der Waals surface area contributed by atoms with E-state index in [9.17, 15) is 4.79 Å². The predicted octanol–water partition coefficient (Wildman–Crippen LogP) is 2.70. The minimum absolute atomic E-state index is 0.135. The van der Waals surface area contributed by atoms with E-state index in [0.29, 0.717) is 6.42 Å². The zero-order valence-electron chi connectivity index (χ0n) is 15.0. The van der Waals surface area contributed by atoms with Crippen molar-refractivity contribution in [1.82, 2.24) is 20.2 Å². The molecule has 0 spiro atoms. The van der Waals surface area contributed by atoms with Gasteiger partial charge in [0.25, 0.3) is 0 Å². The van der Waals surface area contributed by atoms with Crippen LogP contribution in [0.15, 0.2) is 60.9 Å². The molecule has 0 saturated carbocycles. The summed E-state index contributed by atoms with van der Waals surface area (Å²) in [5, 5.41) is 14.3. The minimum atomic E-state index is -0.516. The molecule has 0 radical (unpaired) electrons. The van der Waals surface area contributed by atoms with Crippen molar-refractivity contribution in [1.29, 1.82) is 0 Å². The van der Waals surface area contributed by atoms with E-state index >= 15 is 0 Å². The zero-order valence-corrected chi connectivity index (χ0v) is 15.0. The number of nitrogens with zero attached hydrogens (tertiary/aromatic N) is 5. The van der Waals surface area contributed by atoms with Crippen LogP contribution in [0.1, 0.15) is 24.4 Å². The van der Waals surface area contributed by atoms with E-state index in [1.54, 1.807) is 0 Å². The Labute approximate surface area is 158 Å². The number of hydrogen-bond acceptors (Lipinski definition) is 5. The van der Waals surface area contributed by atoms with E-state index in [1.165, 1.54) is 23.9 Å². The number of benzene rings is 2. The molecule has 3 aromatic rings. The van der Waals surface area contributed by atoms with E-state index < -0.39 is 6.04 Å². The molecular formula is C20H22N6O. The molecule has 1 aliphatic heterocycles.